The fraction of sp³-hybridized carbons (Fsp3) is 0.533. The van der Waals surface area contributed by atoms with Gasteiger partial charge in [-0.05, 0) is 51.1 Å². The van der Waals surface area contributed by atoms with E-state index in [0.29, 0.717) is 6.04 Å². The summed E-state index contributed by atoms with van der Waals surface area (Å²) in [4.78, 5) is 15.7. The first-order valence-corrected chi connectivity index (χ1v) is 8.25. The first-order chi connectivity index (χ1) is 9.61. The van der Waals surface area contributed by atoms with Crippen LogP contribution in [0.25, 0.3) is 0 Å². The molecular formula is C15H21ClN2OS. The molecule has 1 heterocycles. The second-order valence-electron chi connectivity index (χ2n) is 5.10. The Morgan fingerprint density at radius 2 is 2.20 bits per heavy atom. The largest absolute Gasteiger partial charge is 0.337 e. The lowest BCUT2D eigenvalue weighted by atomic mass is 10.2. The van der Waals surface area contributed by atoms with E-state index in [1.54, 1.807) is 11.8 Å². The molecule has 20 heavy (non-hydrogen) atoms. The van der Waals surface area contributed by atoms with Crippen molar-refractivity contribution in [2.24, 2.45) is 0 Å². The maximum absolute atomic E-state index is 12.6. The van der Waals surface area contributed by atoms with Gasteiger partial charge in [-0.25, -0.2) is 0 Å². The van der Waals surface area contributed by atoms with Gasteiger partial charge in [0.2, 0.25) is 5.91 Å². The molecule has 0 spiro atoms. The van der Waals surface area contributed by atoms with Crippen LogP contribution in [-0.2, 0) is 4.79 Å². The molecule has 1 aliphatic rings. The van der Waals surface area contributed by atoms with E-state index >= 15 is 0 Å². The van der Waals surface area contributed by atoms with Crippen LogP contribution in [-0.4, -0.2) is 42.2 Å². The summed E-state index contributed by atoms with van der Waals surface area (Å²) in [5.41, 5.74) is 0. The predicted octanol–water partition coefficient (Wildman–Crippen LogP) is 3.03. The summed E-state index contributed by atoms with van der Waals surface area (Å²) in [5, 5.41) is 3.84. The zero-order valence-electron chi connectivity index (χ0n) is 11.9. The highest BCUT2D eigenvalue weighted by atomic mass is 35.5. The van der Waals surface area contributed by atoms with Crippen LogP contribution >= 0.6 is 23.4 Å². The van der Waals surface area contributed by atoms with E-state index in [9.17, 15) is 4.79 Å². The molecule has 3 nitrogen and oxygen atoms in total. The molecule has 1 saturated heterocycles. The second kappa shape index (κ2) is 7.34. The number of carbonyl (C=O) groups is 1. The number of benzene rings is 1. The Bertz CT molecular complexity index is 452. The van der Waals surface area contributed by atoms with E-state index < -0.39 is 0 Å². The minimum absolute atomic E-state index is 0.0615. The molecule has 0 saturated carbocycles. The van der Waals surface area contributed by atoms with Crippen molar-refractivity contribution in [3.63, 3.8) is 0 Å². The molecule has 0 aromatic heterocycles. The van der Waals surface area contributed by atoms with Crippen LogP contribution in [0.1, 0.15) is 19.8 Å². The SMILES string of the molecule is CNCC1CCCN1C(=O)C(C)Sc1ccc(Cl)cc1. The van der Waals surface area contributed by atoms with E-state index in [1.807, 2.05) is 43.1 Å². The lowest BCUT2D eigenvalue weighted by Crippen LogP contribution is -2.44. The number of amides is 1. The van der Waals surface area contributed by atoms with Gasteiger partial charge in [-0.1, -0.05) is 11.6 Å². The Labute approximate surface area is 130 Å². The normalized spacial score (nSPS) is 20.1. The molecule has 2 rings (SSSR count). The van der Waals surface area contributed by atoms with Crippen LogP contribution in [0.15, 0.2) is 29.2 Å². The molecule has 1 aromatic carbocycles. The average molecular weight is 313 g/mol. The Morgan fingerprint density at radius 1 is 1.50 bits per heavy atom. The number of nitrogens with zero attached hydrogens (tertiary/aromatic N) is 1. The molecule has 2 atom stereocenters. The van der Waals surface area contributed by atoms with Gasteiger partial charge in [0.25, 0.3) is 0 Å². The molecule has 0 radical (unpaired) electrons. The van der Waals surface area contributed by atoms with Crippen molar-refractivity contribution in [1.82, 2.24) is 10.2 Å². The number of rotatable bonds is 5. The molecule has 0 bridgehead atoms. The molecule has 0 aliphatic carbocycles. The Hall–Kier alpha value is -0.710. The number of hydrogen-bond donors (Lipinski definition) is 1. The van der Waals surface area contributed by atoms with Gasteiger partial charge >= 0.3 is 0 Å². The molecule has 1 N–H and O–H groups in total. The summed E-state index contributed by atoms with van der Waals surface area (Å²) in [7, 11) is 1.94. The predicted molar refractivity (Wildman–Crippen MR) is 85.4 cm³/mol. The third-order valence-corrected chi connectivity index (χ3v) is 4.93. The van der Waals surface area contributed by atoms with E-state index in [0.717, 1.165) is 35.8 Å². The van der Waals surface area contributed by atoms with Crippen LogP contribution in [0.3, 0.4) is 0 Å². The zero-order chi connectivity index (χ0) is 14.5. The number of hydrogen-bond acceptors (Lipinski definition) is 3. The van der Waals surface area contributed by atoms with Crippen LogP contribution in [0, 0.1) is 0 Å². The summed E-state index contributed by atoms with van der Waals surface area (Å²) >= 11 is 7.47. The third-order valence-electron chi connectivity index (χ3n) is 3.57. The number of nitrogens with one attached hydrogen (secondary N) is 1. The first-order valence-electron chi connectivity index (χ1n) is 6.99. The summed E-state index contributed by atoms with van der Waals surface area (Å²) in [6, 6.07) is 8.00. The highest BCUT2D eigenvalue weighted by Crippen LogP contribution is 2.28. The summed E-state index contributed by atoms with van der Waals surface area (Å²) in [6.45, 7) is 3.75. The minimum atomic E-state index is -0.0615. The van der Waals surface area contributed by atoms with Gasteiger partial charge in [-0.15, -0.1) is 11.8 Å². The fourth-order valence-electron chi connectivity index (χ4n) is 2.57. The molecule has 1 aliphatic heterocycles. The molecule has 110 valence electrons. The van der Waals surface area contributed by atoms with Gasteiger partial charge in [0, 0.05) is 29.0 Å². The highest BCUT2D eigenvalue weighted by Gasteiger charge is 2.31. The van der Waals surface area contributed by atoms with Gasteiger partial charge in [0.05, 0.1) is 5.25 Å². The Morgan fingerprint density at radius 3 is 2.85 bits per heavy atom. The average Bonchev–Trinajstić information content (AvgIpc) is 2.89. The molecule has 2 unspecified atom stereocenters. The van der Waals surface area contributed by atoms with E-state index in [-0.39, 0.29) is 11.2 Å². The van der Waals surface area contributed by atoms with Crippen molar-refractivity contribution in [2.45, 2.75) is 36.0 Å². The Balaban J connectivity index is 1.96. The minimum Gasteiger partial charge on any atom is -0.337 e. The van der Waals surface area contributed by atoms with Crippen LogP contribution in [0.4, 0.5) is 0 Å². The van der Waals surface area contributed by atoms with Gasteiger partial charge in [0.1, 0.15) is 0 Å². The highest BCUT2D eigenvalue weighted by molar-refractivity contribution is 8.00. The van der Waals surface area contributed by atoms with Gasteiger partial charge in [-0.2, -0.15) is 0 Å². The lowest BCUT2D eigenvalue weighted by molar-refractivity contribution is -0.131. The van der Waals surface area contributed by atoms with E-state index in [2.05, 4.69) is 5.32 Å². The summed E-state index contributed by atoms with van der Waals surface area (Å²) in [5.74, 6) is 0.239. The third kappa shape index (κ3) is 3.90. The van der Waals surface area contributed by atoms with Crippen LogP contribution in [0.5, 0.6) is 0 Å². The summed E-state index contributed by atoms with van der Waals surface area (Å²) < 4.78 is 0. The van der Waals surface area contributed by atoms with Crippen LogP contribution < -0.4 is 5.32 Å². The number of likely N-dealkylation sites (N-methyl/N-ethyl adjacent to an activating group) is 1. The number of carbonyl (C=O) groups excluding carboxylic acids is 1. The zero-order valence-corrected chi connectivity index (χ0v) is 13.5. The maximum Gasteiger partial charge on any atom is 0.236 e. The van der Waals surface area contributed by atoms with Crippen LogP contribution in [0.2, 0.25) is 5.02 Å². The van der Waals surface area contributed by atoms with E-state index in [4.69, 9.17) is 11.6 Å². The van der Waals surface area contributed by atoms with Crippen molar-refractivity contribution in [3.8, 4) is 0 Å². The van der Waals surface area contributed by atoms with Crippen molar-refractivity contribution < 1.29 is 4.79 Å². The van der Waals surface area contributed by atoms with E-state index in [1.165, 1.54) is 0 Å². The lowest BCUT2D eigenvalue weighted by Gasteiger charge is -2.27. The standard InChI is InChI=1S/C15H21ClN2OS/c1-11(20-14-7-5-12(16)6-8-14)15(19)18-9-3-4-13(18)10-17-2/h5-8,11,13,17H,3-4,9-10H2,1-2H3. The van der Waals surface area contributed by atoms with Crippen molar-refractivity contribution in [2.75, 3.05) is 20.1 Å². The number of thioether (sulfide) groups is 1. The van der Waals surface area contributed by atoms with Crippen molar-refractivity contribution in [3.05, 3.63) is 29.3 Å². The van der Waals surface area contributed by atoms with Gasteiger partial charge in [-0.3, -0.25) is 4.79 Å². The van der Waals surface area contributed by atoms with Crippen molar-refractivity contribution in [1.29, 1.82) is 0 Å². The molecular weight excluding hydrogens is 292 g/mol. The second-order valence-corrected chi connectivity index (χ2v) is 6.95. The maximum atomic E-state index is 12.6. The monoisotopic (exact) mass is 312 g/mol. The first kappa shape index (κ1) is 15.7. The van der Waals surface area contributed by atoms with Gasteiger partial charge in [0.15, 0.2) is 0 Å². The van der Waals surface area contributed by atoms with Crippen molar-refractivity contribution >= 4 is 29.3 Å². The smallest absolute Gasteiger partial charge is 0.236 e. The molecule has 1 amide bonds. The topological polar surface area (TPSA) is 32.3 Å². The quantitative estimate of drug-likeness (QED) is 0.848. The molecule has 1 aromatic rings. The molecule has 5 heteroatoms. The summed E-state index contributed by atoms with van der Waals surface area (Å²) in [6.07, 6.45) is 2.21. The number of likely N-dealkylation sites (tertiary alicyclic amines) is 1. The fourth-order valence-corrected chi connectivity index (χ4v) is 3.64. The Kier molecular flexibility index (Phi) is 5.75. The van der Waals surface area contributed by atoms with Gasteiger partial charge < -0.3 is 10.2 Å². The number of halogens is 1. The molecule has 1 fully saturated rings.